The minimum atomic E-state index is -0.528. The average molecular weight is 314 g/mol. The Morgan fingerprint density at radius 1 is 1.35 bits per heavy atom. The van der Waals surface area contributed by atoms with Crippen LogP contribution in [0.5, 0.6) is 0 Å². The Hall–Kier alpha value is -2.96. The number of nitrogens with one attached hydrogen (secondary N) is 2. The van der Waals surface area contributed by atoms with Crippen molar-refractivity contribution in [2.45, 2.75) is 20.4 Å². The highest BCUT2D eigenvalue weighted by Gasteiger charge is 2.14. The van der Waals surface area contributed by atoms with Crippen molar-refractivity contribution in [3.8, 4) is 0 Å². The fraction of sp³-hybridized carbons (Fsp3) is 0.188. The standard InChI is InChI=1S/C16H15FN4O2/c1-9-7-11-15(18-9)19-10(2)21(16(11)23)8-14(22)20-13-6-4-3-5-12(13)17/h3-7,18H,8H2,1-2H3,(H,20,22). The van der Waals surface area contributed by atoms with Crippen molar-refractivity contribution in [1.82, 2.24) is 14.5 Å². The molecule has 1 aromatic carbocycles. The zero-order valence-corrected chi connectivity index (χ0v) is 12.7. The number of carbonyl (C=O) groups is 1. The lowest BCUT2D eigenvalue weighted by atomic mass is 10.3. The third kappa shape index (κ3) is 2.85. The van der Waals surface area contributed by atoms with Gasteiger partial charge in [-0.05, 0) is 32.0 Å². The first-order valence-corrected chi connectivity index (χ1v) is 7.07. The van der Waals surface area contributed by atoms with Crippen LogP contribution in [0, 0.1) is 19.7 Å². The first-order valence-electron chi connectivity index (χ1n) is 7.07. The summed E-state index contributed by atoms with van der Waals surface area (Å²) in [5.41, 5.74) is 1.09. The molecule has 3 aromatic rings. The molecule has 0 aliphatic heterocycles. The number of halogens is 1. The quantitative estimate of drug-likeness (QED) is 0.777. The minimum absolute atomic E-state index is 0.0785. The number of para-hydroxylation sites is 1. The fourth-order valence-corrected chi connectivity index (χ4v) is 2.42. The summed E-state index contributed by atoms with van der Waals surface area (Å²) in [6.07, 6.45) is 0. The number of H-pyrrole nitrogens is 1. The largest absolute Gasteiger partial charge is 0.343 e. The fourth-order valence-electron chi connectivity index (χ4n) is 2.42. The number of anilines is 1. The predicted molar refractivity (Wildman–Crippen MR) is 84.9 cm³/mol. The molecule has 0 saturated heterocycles. The number of aryl methyl sites for hydroxylation is 2. The van der Waals surface area contributed by atoms with Crippen LogP contribution >= 0.6 is 0 Å². The second-order valence-electron chi connectivity index (χ2n) is 5.29. The van der Waals surface area contributed by atoms with Crippen molar-refractivity contribution in [3.05, 3.63) is 58.0 Å². The molecule has 1 amide bonds. The smallest absolute Gasteiger partial charge is 0.263 e. The third-order valence-corrected chi connectivity index (χ3v) is 3.52. The number of benzene rings is 1. The van der Waals surface area contributed by atoms with Crippen LogP contribution in [-0.2, 0) is 11.3 Å². The summed E-state index contributed by atoms with van der Waals surface area (Å²) in [5.74, 6) is -0.610. The Morgan fingerprint density at radius 2 is 2.09 bits per heavy atom. The van der Waals surface area contributed by atoms with Gasteiger partial charge in [-0.25, -0.2) is 9.37 Å². The van der Waals surface area contributed by atoms with Gasteiger partial charge in [0.25, 0.3) is 5.56 Å². The Labute approximate surface area is 131 Å². The monoisotopic (exact) mass is 314 g/mol. The maximum atomic E-state index is 13.6. The van der Waals surface area contributed by atoms with Gasteiger partial charge >= 0.3 is 0 Å². The maximum Gasteiger partial charge on any atom is 0.263 e. The molecule has 0 saturated carbocycles. The first-order chi connectivity index (χ1) is 11.0. The van der Waals surface area contributed by atoms with Crippen LogP contribution in [0.3, 0.4) is 0 Å². The molecule has 2 N–H and O–H groups in total. The second-order valence-corrected chi connectivity index (χ2v) is 5.29. The van der Waals surface area contributed by atoms with Crippen molar-refractivity contribution in [1.29, 1.82) is 0 Å². The van der Waals surface area contributed by atoms with Gasteiger partial charge in [0, 0.05) is 5.69 Å². The van der Waals surface area contributed by atoms with Gasteiger partial charge in [0.1, 0.15) is 23.8 Å². The van der Waals surface area contributed by atoms with E-state index >= 15 is 0 Å². The normalized spacial score (nSPS) is 10.9. The Balaban J connectivity index is 1.91. The molecule has 0 aliphatic carbocycles. The number of nitrogens with zero attached hydrogens (tertiary/aromatic N) is 2. The minimum Gasteiger partial charge on any atom is -0.343 e. The predicted octanol–water partition coefficient (Wildman–Crippen LogP) is 2.12. The Morgan fingerprint density at radius 3 is 2.83 bits per heavy atom. The van der Waals surface area contributed by atoms with Crippen LogP contribution < -0.4 is 10.9 Å². The molecule has 3 rings (SSSR count). The van der Waals surface area contributed by atoms with E-state index in [0.717, 1.165) is 5.69 Å². The number of aromatic amines is 1. The summed E-state index contributed by atoms with van der Waals surface area (Å²) in [6.45, 7) is 3.24. The molecular weight excluding hydrogens is 299 g/mol. The number of hydrogen-bond acceptors (Lipinski definition) is 3. The van der Waals surface area contributed by atoms with Crippen LogP contribution in [0.15, 0.2) is 35.1 Å². The molecule has 6 nitrogen and oxygen atoms in total. The zero-order valence-electron chi connectivity index (χ0n) is 12.7. The molecule has 118 valence electrons. The molecule has 23 heavy (non-hydrogen) atoms. The van der Waals surface area contributed by atoms with E-state index in [2.05, 4.69) is 15.3 Å². The summed E-state index contributed by atoms with van der Waals surface area (Å²) < 4.78 is 14.8. The highest BCUT2D eigenvalue weighted by molar-refractivity contribution is 5.90. The van der Waals surface area contributed by atoms with E-state index in [4.69, 9.17) is 0 Å². The van der Waals surface area contributed by atoms with Gasteiger partial charge in [-0.15, -0.1) is 0 Å². The molecule has 0 bridgehead atoms. The van der Waals surface area contributed by atoms with E-state index in [1.807, 2.05) is 6.92 Å². The molecule has 2 heterocycles. The van der Waals surface area contributed by atoms with Gasteiger partial charge in [-0.1, -0.05) is 12.1 Å². The third-order valence-electron chi connectivity index (χ3n) is 3.52. The number of hydrogen-bond donors (Lipinski definition) is 2. The van der Waals surface area contributed by atoms with E-state index in [1.165, 1.54) is 22.8 Å². The molecule has 0 aliphatic rings. The van der Waals surface area contributed by atoms with E-state index in [0.29, 0.717) is 16.9 Å². The summed E-state index contributed by atoms with van der Waals surface area (Å²) in [4.78, 5) is 31.9. The van der Waals surface area contributed by atoms with Gasteiger partial charge in [-0.2, -0.15) is 0 Å². The maximum absolute atomic E-state index is 13.6. The molecule has 7 heteroatoms. The van der Waals surface area contributed by atoms with Crippen LogP contribution in [-0.4, -0.2) is 20.4 Å². The van der Waals surface area contributed by atoms with Crippen LogP contribution in [0.2, 0.25) is 0 Å². The summed E-state index contributed by atoms with van der Waals surface area (Å²) in [5, 5.41) is 2.88. The van der Waals surface area contributed by atoms with Gasteiger partial charge < -0.3 is 10.3 Å². The van der Waals surface area contributed by atoms with Crippen molar-refractivity contribution in [2.24, 2.45) is 0 Å². The number of carbonyl (C=O) groups excluding carboxylic acids is 1. The van der Waals surface area contributed by atoms with Crippen molar-refractivity contribution >= 4 is 22.6 Å². The van der Waals surface area contributed by atoms with Crippen molar-refractivity contribution in [3.63, 3.8) is 0 Å². The SMILES string of the molecule is Cc1cc2c(=O)n(CC(=O)Nc3ccccc3F)c(C)nc2[nH]1. The topological polar surface area (TPSA) is 79.8 Å². The van der Waals surface area contributed by atoms with Crippen LogP contribution in [0.4, 0.5) is 10.1 Å². The van der Waals surface area contributed by atoms with Gasteiger partial charge in [0.05, 0.1) is 11.1 Å². The molecule has 0 atom stereocenters. The number of aromatic nitrogens is 3. The van der Waals surface area contributed by atoms with Crippen molar-refractivity contribution in [2.75, 3.05) is 5.32 Å². The summed E-state index contributed by atoms with van der Waals surface area (Å²) in [7, 11) is 0. The highest BCUT2D eigenvalue weighted by Crippen LogP contribution is 2.13. The molecule has 0 unspecified atom stereocenters. The molecule has 0 radical (unpaired) electrons. The molecule has 0 fully saturated rings. The van der Waals surface area contributed by atoms with E-state index in [9.17, 15) is 14.0 Å². The number of amides is 1. The number of rotatable bonds is 3. The lowest BCUT2D eigenvalue weighted by Gasteiger charge is -2.10. The van der Waals surface area contributed by atoms with Gasteiger partial charge in [0.2, 0.25) is 5.91 Å². The Kier molecular flexibility index (Phi) is 3.69. The summed E-state index contributed by atoms with van der Waals surface area (Å²) in [6, 6.07) is 7.55. The van der Waals surface area contributed by atoms with Crippen LogP contribution in [0.1, 0.15) is 11.5 Å². The first kappa shape index (κ1) is 15.0. The van der Waals surface area contributed by atoms with E-state index < -0.39 is 11.7 Å². The zero-order chi connectivity index (χ0) is 16.6. The highest BCUT2D eigenvalue weighted by atomic mass is 19.1. The van der Waals surface area contributed by atoms with E-state index in [-0.39, 0.29) is 17.8 Å². The van der Waals surface area contributed by atoms with E-state index in [1.54, 1.807) is 19.1 Å². The molecule has 2 aromatic heterocycles. The lowest BCUT2D eigenvalue weighted by molar-refractivity contribution is -0.116. The van der Waals surface area contributed by atoms with Gasteiger partial charge in [0.15, 0.2) is 0 Å². The second kappa shape index (κ2) is 5.68. The Bertz CT molecular complexity index is 958. The van der Waals surface area contributed by atoms with Crippen molar-refractivity contribution < 1.29 is 9.18 Å². The lowest BCUT2D eigenvalue weighted by Crippen LogP contribution is -2.30. The average Bonchev–Trinajstić information content (AvgIpc) is 2.86. The summed E-state index contributed by atoms with van der Waals surface area (Å²) >= 11 is 0. The number of fused-ring (bicyclic) bond motifs is 1. The van der Waals surface area contributed by atoms with Crippen LogP contribution in [0.25, 0.3) is 11.0 Å². The van der Waals surface area contributed by atoms with Gasteiger partial charge in [-0.3, -0.25) is 14.2 Å². The molecular formula is C16H15FN4O2. The molecule has 0 spiro atoms.